The zero-order valence-corrected chi connectivity index (χ0v) is 8.73. The number of hydrogen-bond donors (Lipinski definition) is 1. The summed E-state index contributed by atoms with van der Waals surface area (Å²) in [5.41, 5.74) is 8.22. The van der Waals surface area contributed by atoms with Crippen LogP contribution in [0.3, 0.4) is 0 Å². The maximum Gasteiger partial charge on any atom is 0.147 e. The van der Waals surface area contributed by atoms with E-state index in [-0.39, 0.29) is 0 Å². The van der Waals surface area contributed by atoms with Crippen LogP contribution in [0.2, 0.25) is 0 Å². The molecule has 68 valence electrons. The lowest BCUT2D eigenvalue weighted by atomic mass is 9.98. The van der Waals surface area contributed by atoms with Crippen molar-refractivity contribution in [2.24, 2.45) is 0 Å². The van der Waals surface area contributed by atoms with Gasteiger partial charge in [-0.2, -0.15) is 0 Å². The van der Waals surface area contributed by atoms with Gasteiger partial charge in [-0.05, 0) is 25.0 Å². The van der Waals surface area contributed by atoms with Crippen molar-refractivity contribution in [2.45, 2.75) is 18.3 Å². The van der Waals surface area contributed by atoms with Crippen molar-refractivity contribution >= 4 is 21.6 Å². The lowest BCUT2D eigenvalue weighted by Gasteiger charge is -2.07. The minimum atomic E-state index is 0.309. The summed E-state index contributed by atoms with van der Waals surface area (Å²) in [6, 6.07) is 3.91. The Kier molecular flexibility index (Phi) is 1.30. The van der Waals surface area contributed by atoms with E-state index < -0.39 is 0 Å². The van der Waals surface area contributed by atoms with Crippen LogP contribution in [0.4, 0.5) is 5.69 Å². The second kappa shape index (κ2) is 2.21. The van der Waals surface area contributed by atoms with Gasteiger partial charge in [-0.25, -0.2) is 0 Å². The van der Waals surface area contributed by atoms with E-state index in [2.05, 4.69) is 15.9 Å². The Morgan fingerprint density at radius 1 is 1.38 bits per heavy atom. The van der Waals surface area contributed by atoms with Gasteiger partial charge in [0.05, 0.1) is 12.3 Å². The Balaban J connectivity index is 2.28. The predicted molar refractivity (Wildman–Crippen MR) is 55.0 cm³/mol. The first kappa shape index (κ1) is 7.68. The van der Waals surface area contributed by atoms with Gasteiger partial charge >= 0.3 is 0 Å². The van der Waals surface area contributed by atoms with Gasteiger partial charge in [0.15, 0.2) is 0 Å². The van der Waals surface area contributed by atoms with Crippen LogP contribution in [-0.2, 0) is 5.41 Å². The van der Waals surface area contributed by atoms with Gasteiger partial charge in [-0.3, -0.25) is 0 Å². The van der Waals surface area contributed by atoms with Crippen LogP contribution >= 0.6 is 15.9 Å². The fraction of sp³-hybridized carbons (Fsp3) is 0.400. The third-order valence-electron chi connectivity index (χ3n) is 3.01. The Bertz CT molecular complexity index is 385. The highest BCUT2D eigenvalue weighted by Gasteiger charge is 2.52. The van der Waals surface area contributed by atoms with E-state index in [0.717, 1.165) is 22.5 Å². The highest BCUT2D eigenvalue weighted by molar-refractivity contribution is 9.10. The maximum absolute atomic E-state index is 5.84. The molecule has 1 heterocycles. The molecule has 0 aromatic heterocycles. The predicted octanol–water partition coefficient (Wildman–Crippen LogP) is 2.46. The largest absolute Gasteiger partial charge is 0.490 e. The minimum Gasteiger partial charge on any atom is -0.490 e. The van der Waals surface area contributed by atoms with Crippen LogP contribution in [0.1, 0.15) is 18.4 Å². The number of halogens is 1. The Hall–Kier alpha value is -0.700. The average Bonchev–Trinajstić information content (AvgIpc) is 2.74. The van der Waals surface area contributed by atoms with Gasteiger partial charge in [0.25, 0.3) is 0 Å². The number of anilines is 1. The van der Waals surface area contributed by atoms with Crippen molar-refractivity contribution < 1.29 is 4.74 Å². The van der Waals surface area contributed by atoms with E-state index >= 15 is 0 Å². The second-order valence-electron chi connectivity index (χ2n) is 3.91. The fourth-order valence-corrected chi connectivity index (χ4v) is 2.78. The van der Waals surface area contributed by atoms with Crippen molar-refractivity contribution in [2.75, 3.05) is 12.3 Å². The minimum absolute atomic E-state index is 0.309. The highest BCUT2D eigenvalue weighted by atomic mass is 79.9. The van der Waals surface area contributed by atoms with Crippen LogP contribution in [0.25, 0.3) is 0 Å². The summed E-state index contributed by atoms with van der Waals surface area (Å²) in [5, 5.41) is 0. The molecule has 0 saturated heterocycles. The summed E-state index contributed by atoms with van der Waals surface area (Å²) in [6.07, 6.45) is 2.48. The molecule has 1 saturated carbocycles. The molecule has 1 aromatic rings. The quantitative estimate of drug-likeness (QED) is 0.707. The van der Waals surface area contributed by atoms with E-state index in [1.807, 2.05) is 12.1 Å². The summed E-state index contributed by atoms with van der Waals surface area (Å²) in [5.74, 6) is 0.909. The molecule has 2 N–H and O–H groups in total. The first-order valence-corrected chi connectivity index (χ1v) is 5.23. The lowest BCUT2D eigenvalue weighted by Crippen LogP contribution is -2.07. The Morgan fingerprint density at radius 2 is 2.15 bits per heavy atom. The van der Waals surface area contributed by atoms with E-state index in [0.29, 0.717) is 5.41 Å². The van der Waals surface area contributed by atoms with Crippen molar-refractivity contribution in [3.05, 3.63) is 22.2 Å². The van der Waals surface area contributed by atoms with Crippen molar-refractivity contribution in [1.82, 2.24) is 0 Å². The summed E-state index contributed by atoms with van der Waals surface area (Å²) in [6.45, 7) is 0.815. The molecular weight excluding hydrogens is 230 g/mol. The summed E-state index contributed by atoms with van der Waals surface area (Å²) in [7, 11) is 0. The van der Waals surface area contributed by atoms with Gasteiger partial charge in [0.1, 0.15) is 5.75 Å². The fourth-order valence-electron chi connectivity index (χ4n) is 2.05. The van der Waals surface area contributed by atoms with Crippen LogP contribution in [0, 0.1) is 0 Å². The topological polar surface area (TPSA) is 35.2 Å². The van der Waals surface area contributed by atoms with E-state index in [9.17, 15) is 0 Å². The maximum atomic E-state index is 5.84. The van der Waals surface area contributed by atoms with Gasteiger partial charge in [-0.1, -0.05) is 15.9 Å². The van der Waals surface area contributed by atoms with Crippen LogP contribution in [0.15, 0.2) is 16.6 Å². The normalized spacial score (nSPS) is 21.3. The van der Waals surface area contributed by atoms with Gasteiger partial charge in [-0.15, -0.1) is 0 Å². The van der Waals surface area contributed by atoms with Crippen molar-refractivity contribution in [3.63, 3.8) is 0 Å². The number of fused-ring (bicyclic) bond motifs is 2. The first-order chi connectivity index (χ1) is 6.23. The monoisotopic (exact) mass is 239 g/mol. The third-order valence-corrected chi connectivity index (χ3v) is 3.67. The highest BCUT2D eigenvalue weighted by Crippen LogP contribution is 2.58. The molecule has 3 heteroatoms. The number of nitrogen functional groups attached to an aromatic ring is 1. The van der Waals surface area contributed by atoms with Gasteiger partial charge in [0.2, 0.25) is 0 Å². The number of benzene rings is 1. The summed E-state index contributed by atoms with van der Waals surface area (Å²) >= 11 is 3.56. The second-order valence-corrected chi connectivity index (χ2v) is 4.76. The first-order valence-electron chi connectivity index (χ1n) is 4.44. The Morgan fingerprint density at radius 3 is 2.85 bits per heavy atom. The molecular formula is C10H10BrNO. The number of rotatable bonds is 0. The molecule has 0 bridgehead atoms. The zero-order valence-electron chi connectivity index (χ0n) is 7.14. The SMILES string of the molecule is Nc1ccc(Br)c2c1OCC21CC1. The standard InChI is InChI=1S/C10H10BrNO/c11-6-1-2-7(12)9-8(6)10(3-4-10)5-13-9/h1-2H,3-5,12H2. The molecule has 0 atom stereocenters. The van der Waals surface area contributed by atoms with Crippen molar-refractivity contribution in [3.8, 4) is 5.75 Å². The van der Waals surface area contributed by atoms with E-state index in [1.54, 1.807) is 0 Å². The molecule has 0 radical (unpaired) electrons. The number of hydrogen-bond acceptors (Lipinski definition) is 2. The molecule has 1 fully saturated rings. The smallest absolute Gasteiger partial charge is 0.147 e. The van der Waals surface area contributed by atoms with Crippen LogP contribution < -0.4 is 10.5 Å². The Labute approximate surface area is 85.2 Å². The molecule has 0 amide bonds. The molecule has 13 heavy (non-hydrogen) atoms. The molecule has 2 nitrogen and oxygen atoms in total. The molecule has 3 rings (SSSR count). The van der Waals surface area contributed by atoms with Gasteiger partial charge in [0, 0.05) is 15.5 Å². The zero-order chi connectivity index (χ0) is 9.05. The average molecular weight is 240 g/mol. The lowest BCUT2D eigenvalue weighted by molar-refractivity contribution is 0.325. The molecule has 1 aliphatic heterocycles. The molecule has 1 aliphatic carbocycles. The van der Waals surface area contributed by atoms with Gasteiger partial charge < -0.3 is 10.5 Å². The van der Waals surface area contributed by atoms with Crippen molar-refractivity contribution in [1.29, 1.82) is 0 Å². The number of ether oxygens (including phenoxy) is 1. The third kappa shape index (κ3) is 0.881. The summed E-state index contributed by atoms with van der Waals surface area (Å²) < 4.78 is 6.78. The van der Waals surface area contributed by atoms with Crippen LogP contribution in [0.5, 0.6) is 5.75 Å². The molecule has 2 aliphatic rings. The number of nitrogens with two attached hydrogens (primary N) is 1. The van der Waals surface area contributed by atoms with E-state index in [4.69, 9.17) is 10.5 Å². The van der Waals surface area contributed by atoms with Crippen LogP contribution in [-0.4, -0.2) is 6.61 Å². The molecule has 1 aromatic carbocycles. The van der Waals surface area contributed by atoms with E-state index in [1.165, 1.54) is 18.4 Å². The molecule has 0 unspecified atom stereocenters. The molecule has 1 spiro atoms. The summed E-state index contributed by atoms with van der Waals surface area (Å²) in [4.78, 5) is 0.